The molecule has 5 nitrogen and oxygen atoms in total. The minimum atomic E-state index is -0.104. The molecule has 1 saturated heterocycles. The third kappa shape index (κ3) is 3.45. The fourth-order valence-electron chi connectivity index (χ4n) is 3.49. The Bertz CT molecular complexity index is 764. The lowest BCUT2D eigenvalue weighted by Crippen LogP contribution is -2.36. The van der Waals surface area contributed by atoms with Crippen molar-refractivity contribution in [2.24, 2.45) is 5.10 Å². The number of amides is 1. The van der Waals surface area contributed by atoms with Crippen LogP contribution in [-0.2, 0) is 4.79 Å². The van der Waals surface area contributed by atoms with Crippen LogP contribution in [0.5, 0.6) is 5.75 Å². The molecule has 2 aliphatic rings. The standard InChI is InChI=1S/C19H21N3O2S/c23-15-7-5-14(6-8-15)17-12-16(18-4-3-11-25-18)20-22(17)19(24)13-21-9-1-2-10-21/h3-8,11,17,23H,1-2,9-10,12-13H2. The maximum absolute atomic E-state index is 12.9. The summed E-state index contributed by atoms with van der Waals surface area (Å²) in [5, 5.41) is 17.9. The van der Waals surface area contributed by atoms with Crippen molar-refractivity contribution in [2.45, 2.75) is 25.3 Å². The van der Waals surface area contributed by atoms with Crippen LogP contribution < -0.4 is 0 Å². The van der Waals surface area contributed by atoms with Crippen LogP contribution in [0.25, 0.3) is 0 Å². The first-order chi connectivity index (χ1) is 12.2. The van der Waals surface area contributed by atoms with Crippen molar-refractivity contribution in [3.63, 3.8) is 0 Å². The van der Waals surface area contributed by atoms with Crippen LogP contribution in [0.1, 0.15) is 35.7 Å². The van der Waals surface area contributed by atoms with Gasteiger partial charge >= 0.3 is 0 Å². The van der Waals surface area contributed by atoms with Gasteiger partial charge in [0.05, 0.1) is 23.2 Å². The highest BCUT2D eigenvalue weighted by Crippen LogP contribution is 2.34. The molecule has 130 valence electrons. The van der Waals surface area contributed by atoms with E-state index in [1.54, 1.807) is 28.5 Å². The van der Waals surface area contributed by atoms with Crippen LogP contribution in [0.15, 0.2) is 46.9 Å². The molecule has 1 unspecified atom stereocenters. The van der Waals surface area contributed by atoms with Crippen LogP contribution in [0.3, 0.4) is 0 Å². The van der Waals surface area contributed by atoms with E-state index in [9.17, 15) is 9.90 Å². The van der Waals surface area contributed by atoms with Crippen LogP contribution in [0, 0.1) is 0 Å². The molecule has 1 aromatic heterocycles. The number of carbonyl (C=O) groups excluding carboxylic acids is 1. The third-order valence-corrected chi connectivity index (χ3v) is 5.73. The summed E-state index contributed by atoms with van der Waals surface area (Å²) in [5.41, 5.74) is 1.96. The number of hydrogen-bond acceptors (Lipinski definition) is 5. The number of phenols is 1. The molecule has 6 heteroatoms. The Morgan fingerprint density at radius 2 is 1.96 bits per heavy atom. The normalized spacial score (nSPS) is 20.9. The second kappa shape index (κ2) is 6.98. The Hall–Kier alpha value is -2.18. The zero-order valence-corrected chi connectivity index (χ0v) is 14.8. The monoisotopic (exact) mass is 355 g/mol. The van der Waals surface area contributed by atoms with Gasteiger partial charge in [0.2, 0.25) is 0 Å². The lowest BCUT2D eigenvalue weighted by Gasteiger charge is -2.24. The van der Waals surface area contributed by atoms with E-state index >= 15 is 0 Å². The molecule has 1 amide bonds. The Kier molecular flexibility index (Phi) is 4.55. The van der Waals surface area contributed by atoms with Crippen molar-refractivity contribution in [3.8, 4) is 5.75 Å². The fourth-order valence-corrected chi connectivity index (χ4v) is 4.21. The first-order valence-corrected chi connectivity index (χ1v) is 9.53. The molecular formula is C19H21N3O2S. The van der Waals surface area contributed by atoms with Gasteiger partial charge in [-0.25, -0.2) is 5.01 Å². The maximum atomic E-state index is 12.9. The SMILES string of the molecule is O=C(CN1CCCC1)N1N=C(c2cccs2)CC1c1ccc(O)cc1. The highest BCUT2D eigenvalue weighted by atomic mass is 32.1. The lowest BCUT2D eigenvalue weighted by molar-refractivity contribution is -0.134. The van der Waals surface area contributed by atoms with Crippen molar-refractivity contribution in [1.29, 1.82) is 0 Å². The van der Waals surface area contributed by atoms with Gasteiger partial charge in [-0.05, 0) is 55.1 Å². The van der Waals surface area contributed by atoms with Gasteiger partial charge in [-0.15, -0.1) is 11.3 Å². The zero-order chi connectivity index (χ0) is 17.2. The fraction of sp³-hybridized carbons (Fsp3) is 0.368. The minimum Gasteiger partial charge on any atom is -0.508 e. The van der Waals surface area contributed by atoms with Crippen LogP contribution >= 0.6 is 11.3 Å². The molecule has 25 heavy (non-hydrogen) atoms. The summed E-state index contributed by atoms with van der Waals surface area (Å²) in [6, 6.07) is 11.0. The number of hydrogen-bond donors (Lipinski definition) is 1. The molecule has 2 aliphatic heterocycles. The number of hydrazone groups is 1. The van der Waals surface area contributed by atoms with Gasteiger partial charge in [0.15, 0.2) is 0 Å². The topological polar surface area (TPSA) is 56.1 Å². The highest BCUT2D eigenvalue weighted by Gasteiger charge is 2.34. The summed E-state index contributed by atoms with van der Waals surface area (Å²) < 4.78 is 0. The molecule has 0 bridgehead atoms. The first kappa shape index (κ1) is 16.3. The summed E-state index contributed by atoms with van der Waals surface area (Å²) in [4.78, 5) is 16.2. The van der Waals surface area contributed by atoms with E-state index in [1.165, 1.54) is 12.8 Å². The van der Waals surface area contributed by atoms with Crippen LogP contribution in [0.2, 0.25) is 0 Å². The number of aromatic hydroxyl groups is 1. The summed E-state index contributed by atoms with van der Waals surface area (Å²) >= 11 is 1.65. The number of nitrogens with zero attached hydrogens (tertiary/aromatic N) is 3. The van der Waals surface area contributed by atoms with E-state index in [0.29, 0.717) is 13.0 Å². The van der Waals surface area contributed by atoms with Crippen LogP contribution in [0.4, 0.5) is 0 Å². The molecule has 0 aliphatic carbocycles. The van der Waals surface area contributed by atoms with Crippen molar-refractivity contribution in [3.05, 3.63) is 52.2 Å². The average molecular weight is 355 g/mol. The molecule has 3 heterocycles. The average Bonchev–Trinajstić information content (AvgIpc) is 3.36. The highest BCUT2D eigenvalue weighted by molar-refractivity contribution is 7.12. The van der Waals surface area contributed by atoms with E-state index in [0.717, 1.165) is 29.2 Å². The van der Waals surface area contributed by atoms with Gasteiger partial charge < -0.3 is 5.11 Å². The first-order valence-electron chi connectivity index (χ1n) is 8.65. The molecule has 0 saturated carbocycles. The third-order valence-electron chi connectivity index (χ3n) is 4.81. The predicted molar refractivity (Wildman–Crippen MR) is 98.8 cm³/mol. The van der Waals surface area contributed by atoms with Crippen molar-refractivity contribution in [2.75, 3.05) is 19.6 Å². The summed E-state index contributed by atoms with van der Waals surface area (Å²) in [7, 11) is 0. The molecule has 1 N–H and O–H groups in total. The number of thiophene rings is 1. The molecule has 1 fully saturated rings. The molecule has 2 aromatic rings. The van der Waals surface area contributed by atoms with Gasteiger partial charge in [0.25, 0.3) is 5.91 Å². The smallest absolute Gasteiger partial charge is 0.257 e. The second-order valence-electron chi connectivity index (χ2n) is 6.56. The van der Waals surface area contributed by atoms with Crippen molar-refractivity contribution >= 4 is 23.0 Å². The molecular weight excluding hydrogens is 334 g/mol. The van der Waals surface area contributed by atoms with Gasteiger partial charge in [-0.3, -0.25) is 9.69 Å². The number of benzene rings is 1. The molecule has 0 spiro atoms. The Balaban J connectivity index is 1.59. The minimum absolute atomic E-state index is 0.0477. The number of rotatable bonds is 4. The van der Waals surface area contributed by atoms with Gasteiger partial charge in [0.1, 0.15) is 5.75 Å². The van der Waals surface area contributed by atoms with E-state index in [4.69, 9.17) is 0 Å². The lowest BCUT2D eigenvalue weighted by atomic mass is 10.0. The van der Waals surface area contributed by atoms with E-state index < -0.39 is 0 Å². The predicted octanol–water partition coefficient (Wildman–Crippen LogP) is 3.23. The van der Waals surface area contributed by atoms with E-state index in [1.807, 2.05) is 29.6 Å². The summed E-state index contributed by atoms with van der Waals surface area (Å²) in [6.07, 6.45) is 3.04. The second-order valence-corrected chi connectivity index (χ2v) is 7.50. The number of likely N-dealkylation sites (tertiary alicyclic amines) is 1. The van der Waals surface area contributed by atoms with E-state index in [-0.39, 0.29) is 17.7 Å². The van der Waals surface area contributed by atoms with Gasteiger partial charge in [-0.2, -0.15) is 5.10 Å². The number of carbonyl (C=O) groups is 1. The van der Waals surface area contributed by atoms with Gasteiger partial charge in [-0.1, -0.05) is 18.2 Å². The molecule has 1 atom stereocenters. The Morgan fingerprint density at radius 1 is 1.20 bits per heavy atom. The van der Waals surface area contributed by atoms with Crippen LogP contribution in [-0.4, -0.2) is 46.3 Å². The zero-order valence-electron chi connectivity index (χ0n) is 14.0. The quantitative estimate of drug-likeness (QED) is 0.916. The Morgan fingerprint density at radius 3 is 2.64 bits per heavy atom. The molecule has 1 aromatic carbocycles. The van der Waals surface area contributed by atoms with Crippen molar-refractivity contribution in [1.82, 2.24) is 9.91 Å². The molecule has 4 rings (SSSR count). The molecule has 0 radical (unpaired) electrons. The van der Waals surface area contributed by atoms with E-state index in [2.05, 4.69) is 10.0 Å². The summed E-state index contributed by atoms with van der Waals surface area (Å²) in [6.45, 7) is 2.41. The Labute approximate surface area is 151 Å². The maximum Gasteiger partial charge on any atom is 0.257 e. The summed E-state index contributed by atoms with van der Waals surface area (Å²) in [5.74, 6) is 0.280. The van der Waals surface area contributed by atoms with Gasteiger partial charge in [0, 0.05) is 6.42 Å². The number of phenolic OH excluding ortho intramolecular Hbond substituents is 1. The largest absolute Gasteiger partial charge is 0.508 e. The van der Waals surface area contributed by atoms with Crippen molar-refractivity contribution < 1.29 is 9.90 Å².